The van der Waals surface area contributed by atoms with Gasteiger partial charge in [0.2, 0.25) is 0 Å². The first kappa shape index (κ1) is 10.4. The highest BCUT2D eigenvalue weighted by Gasteiger charge is 2.29. The molecule has 0 aromatic heterocycles. The molecule has 2 fully saturated rings. The van der Waals surface area contributed by atoms with E-state index in [1.807, 2.05) is 0 Å². The molecule has 0 bridgehead atoms. The van der Waals surface area contributed by atoms with Crippen LogP contribution in [0.3, 0.4) is 0 Å². The number of likely N-dealkylation sites (tertiary alicyclic amines) is 1. The van der Waals surface area contributed by atoms with Crippen LogP contribution in [0.5, 0.6) is 0 Å². The van der Waals surface area contributed by atoms with Crippen LogP contribution in [0, 0.1) is 0 Å². The minimum Gasteiger partial charge on any atom is -0.310 e. The maximum Gasteiger partial charge on any atom is 0.0221 e. The molecular weight excluding hydrogens is 172 g/mol. The van der Waals surface area contributed by atoms with Gasteiger partial charge in [0.05, 0.1) is 0 Å². The first-order valence-corrected chi connectivity index (χ1v) is 6.16. The molecule has 1 atom stereocenters. The molecule has 2 heteroatoms. The fourth-order valence-corrected chi connectivity index (χ4v) is 2.71. The molecule has 1 unspecified atom stereocenters. The average Bonchev–Trinajstić information content (AvgIpc) is 2.19. The van der Waals surface area contributed by atoms with E-state index < -0.39 is 0 Å². The summed E-state index contributed by atoms with van der Waals surface area (Å²) in [6.07, 6.45) is 7.00. The molecule has 0 saturated carbocycles. The highest BCUT2D eigenvalue weighted by Crippen LogP contribution is 2.23. The van der Waals surface area contributed by atoms with Crippen molar-refractivity contribution in [3.8, 4) is 0 Å². The number of nitrogens with one attached hydrogen (secondary N) is 1. The van der Waals surface area contributed by atoms with Gasteiger partial charge in [-0.3, -0.25) is 4.90 Å². The second-order valence-corrected chi connectivity index (χ2v) is 5.55. The smallest absolute Gasteiger partial charge is 0.0221 e. The molecule has 0 spiro atoms. The van der Waals surface area contributed by atoms with Gasteiger partial charge in [0.1, 0.15) is 0 Å². The topological polar surface area (TPSA) is 15.3 Å². The summed E-state index contributed by atoms with van der Waals surface area (Å²) in [4.78, 5) is 2.70. The lowest BCUT2D eigenvalue weighted by molar-refractivity contribution is 0.112. The van der Waals surface area contributed by atoms with E-state index >= 15 is 0 Å². The SMILES string of the molecule is CC1(C)CCC(N2CCCCC2)CN1. The predicted octanol–water partition coefficient (Wildman–Crippen LogP) is 2.00. The zero-order chi connectivity index (χ0) is 10.0. The third-order valence-corrected chi connectivity index (χ3v) is 3.83. The van der Waals surface area contributed by atoms with Gasteiger partial charge in [-0.25, -0.2) is 0 Å². The molecule has 2 rings (SSSR count). The van der Waals surface area contributed by atoms with E-state index in [1.165, 1.54) is 51.7 Å². The quantitative estimate of drug-likeness (QED) is 0.690. The molecule has 0 radical (unpaired) electrons. The average molecular weight is 196 g/mol. The predicted molar refractivity (Wildman–Crippen MR) is 60.5 cm³/mol. The molecule has 2 aliphatic heterocycles. The molecular formula is C12H24N2. The Morgan fingerprint density at radius 1 is 1.14 bits per heavy atom. The van der Waals surface area contributed by atoms with Crippen molar-refractivity contribution in [3.63, 3.8) is 0 Å². The number of piperidine rings is 2. The van der Waals surface area contributed by atoms with Crippen LogP contribution in [0.15, 0.2) is 0 Å². The van der Waals surface area contributed by atoms with Crippen molar-refractivity contribution < 1.29 is 0 Å². The molecule has 14 heavy (non-hydrogen) atoms. The molecule has 1 N–H and O–H groups in total. The Labute approximate surface area is 88.1 Å². The van der Waals surface area contributed by atoms with Gasteiger partial charge in [0, 0.05) is 18.1 Å². The molecule has 2 heterocycles. The monoisotopic (exact) mass is 196 g/mol. The van der Waals surface area contributed by atoms with Crippen LogP contribution in [0.1, 0.15) is 46.0 Å². The Kier molecular flexibility index (Phi) is 3.13. The van der Waals surface area contributed by atoms with Crippen molar-refractivity contribution in [3.05, 3.63) is 0 Å². The Morgan fingerprint density at radius 2 is 1.86 bits per heavy atom. The summed E-state index contributed by atoms with van der Waals surface area (Å²) < 4.78 is 0. The molecule has 0 aromatic rings. The maximum absolute atomic E-state index is 3.66. The van der Waals surface area contributed by atoms with Gasteiger partial charge in [-0.05, 0) is 52.6 Å². The number of nitrogens with zero attached hydrogens (tertiary/aromatic N) is 1. The van der Waals surface area contributed by atoms with E-state index in [1.54, 1.807) is 0 Å². The van der Waals surface area contributed by atoms with E-state index in [0.29, 0.717) is 5.54 Å². The second-order valence-electron chi connectivity index (χ2n) is 5.55. The van der Waals surface area contributed by atoms with Crippen molar-refractivity contribution in [2.24, 2.45) is 0 Å². The number of rotatable bonds is 1. The van der Waals surface area contributed by atoms with Crippen LogP contribution in [-0.4, -0.2) is 36.1 Å². The molecule has 2 nitrogen and oxygen atoms in total. The zero-order valence-corrected chi connectivity index (χ0v) is 9.68. The van der Waals surface area contributed by atoms with Crippen LogP contribution in [0.25, 0.3) is 0 Å². The summed E-state index contributed by atoms with van der Waals surface area (Å²) in [6.45, 7) is 8.52. The van der Waals surface area contributed by atoms with Gasteiger partial charge in [0.25, 0.3) is 0 Å². The second kappa shape index (κ2) is 4.19. The Balaban J connectivity index is 1.82. The molecule has 2 aliphatic rings. The van der Waals surface area contributed by atoms with Crippen molar-refractivity contribution >= 4 is 0 Å². The number of hydrogen-bond acceptors (Lipinski definition) is 2. The Hall–Kier alpha value is -0.0800. The van der Waals surface area contributed by atoms with Crippen molar-refractivity contribution in [1.29, 1.82) is 0 Å². The molecule has 2 saturated heterocycles. The lowest BCUT2D eigenvalue weighted by Crippen LogP contribution is -2.54. The Bertz CT molecular complexity index is 173. The van der Waals surface area contributed by atoms with Gasteiger partial charge in [-0.1, -0.05) is 6.42 Å². The number of hydrogen-bond donors (Lipinski definition) is 1. The van der Waals surface area contributed by atoms with E-state index in [4.69, 9.17) is 0 Å². The van der Waals surface area contributed by atoms with Gasteiger partial charge in [-0.2, -0.15) is 0 Å². The van der Waals surface area contributed by atoms with Crippen LogP contribution in [0.2, 0.25) is 0 Å². The normalized spacial score (nSPS) is 34.3. The van der Waals surface area contributed by atoms with Crippen LogP contribution in [-0.2, 0) is 0 Å². The van der Waals surface area contributed by atoms with E-state index in [2.05, 4.69) is 24.1 Å². The summed E-state index contributed by atoms with van der Waals surface area (Å²) in [7, 11) is 0. The first-order chi connectivity index (χ1) is 6.67. The van der Waals surface area contributed by atoms with Gasteiger partial charge < -0.3 is 5.32 Å². The summed E-state index contributed by atoms with van der Waals surface area (Å²) in [5, 5.41) is 3.66. The molecule has 0 aromatic carbocycles. The molecule has 0 amide bonds. The summed E-state index contributed by atoms with van der Waals surface area (Å²) in [6, 6.07) is 0.823. The molecule has 0 aliphatic carbocycles. The van der Waals surface area contributed by atoms with Gasteiger partial charge >= 0.3 is 0 Å². The standard InChI is InChI=1S/C12H24N2/c1-12(2)7-6-11(10-13-12)14-8-4-3-5-9-14/h11,13H,3-10H2,1-2H3. The van der Waals surface area contributed by atoms with E-state index in [9.17, 15) is 0 Å². The fraction of sp³-hybridized carbons (Fsp3) is 1.00. The minimum atomic E-state index is 0.381. The molecule has 82 valence electrons. The fourth-order valence-electron chi connectivity index (χ4n) is 2.71. The maximum atomic E-state index is 3.66. The third-order valence-electron chi connectivity index (χ3n) is 3.83. The first-order valence-electron chi connectivity index (χ1n) is 6.16. The van der Waals surface area contributed by atoms with E-state index in [-0.39, 0.29) is 0 Å². The van der Waals surface area contributed by atoms with Gasteiger partial charge in [0.15, 0.2) is 0 Å². The van der Waals surface area contributed by atoms with Crippen molar-refractivity contribution in [2.75, 3.05) is 19.6 Å². The summed E-state index contributed by atoms with van der Waals surface area (Å²) in [5.41, 5.74) is 0.381. The van der Waals surface area contributed by atoms with Gasteiger partial charge in [-0.15, -0.1) is 0 Å². The van der Waals surface area contributed by atoms with Crippen LogP contribution < -0.4 is 5.32 Å². The lowest BCUT2D eigenvalue weighted by Gasteiger charge is -2.42. The largest absolute Gasteiger partial charge is 0.310 e. The lowest BCUT2D eigenvalue weighted by atomic mass is 9.89. The summed E-state index contributed by atoms with van der Waals surface area (Å²) >= 11 is 0. The van der Waals surface area contributed by atoms with Crippen molar-refractivity contribution in [1.82, 2.24) is 10.2 Å². The van der Waals surface area contributed by atoms with E-state index in [0.717, 1.165) is 6.04 Å². The summed E-state index contributed by atoms with van der Waals surface area (Å²) in [5.74, 6) is 0. The zero-order valence-electron chi connectivity index (χ0n) is 9.68. The van der Waals surface area contributed by atoms with Crippen LogP contribution >= 0.6 is 0 Å². The highest BCUT2D eigenvalue weighted by atomic mass is 15.2. The Morgan fingerprint density at radius 3 is 2.43 bits per heavy atom. The third kappa shape index (κ3) is 2.48. The minimum absolute atomic E-state index is 0.381. The van der Waals surface area contributed by atoms with Crippen LogP contribution in [0.4, 0.5) is 0 Å². The highest BCUT2D eigenvalue weighted by molar-refractivity contribution is 4.89. The van der Waals surface area contributed by atoms with Crippen molar-refractivity contribution in [2.45, 2.75) is 57.5 Å².